The lowest BCUT2D eigenvalue weighted by Crippen LogP contribution is -2.31. The third kappa shape index (κ3) is 2.84. The summed E-state index contributed by atoms with van der Waals surface area (Å²) < 4.78 is 5.46. The van der Waals surface area contributed by atoms with Gasteiger partial charge in [-0.3, -0.25) is 4.90 Å². The van der Waals surface area contributed by atoms with Crippen LogP contribution in [0.5, 0.6) is 0 Å². The van der Waals surface area contributed by atoms with Gasteiger partial charge in [-0.15, -0.1) is 0 Å². The van der Waals surface area contributed by atoms with E-state index in [1.165, 1.54) is 5.56 Å². The van der Waals surface area contributed by atoms with Crippen molar-refractivity contribution < 1.29 is 9.63 Å². The zero-order valence-electron chi connectivity index (χ0n) is 12.7. The SMILES string of the molecule is Cc1cccc(-c2noc([C@@H]3C[C@@H](O)CN3C(C)C)n2)c1. The Hall–Kier alpha value is -1.72. The molecule has 0 spiro atoms. The summed E-state index contributed by atoms with van der Waals surface area (Å²) in [6.45, 7) is 6.93. The van der Waals surface area contributed by atoms with Crippen LogP contribution in [-0.4, -0.2) is 38.8 Å². The zero-order valence-corrected chi connectivity index (χ0v) is 12.7. The van der Waals surface area contributed by atoms with Crippen molar-refractivity contribution in [3.8, 4) is 11.4 Å². The van der Waals surface area contributed by atoms with Crippen LogP contribution in [0.15, 0.2) is 28.8 Å². The number of aromatic nitrogens is 2. The van der Waals surface area contributed by atoms with Crippen LogP contribution < -0.4 is 0 Å². The summed E-state index contributed by atoms with van der Waals surface area (Å²) in [6, 6.07) is 8.38. The van der Waals surface area contributed by atoms with Crippen LogP contribution >= 0.6 is 0 Å². The fourth-order valence-corrected chi connectivity index (χ4v) is 2.92. The molecule has 3 rings (SSSR count). The molecule has 0 radical (unpaired) electrons. The summed E-state index contributed by atoms with van der Waals surface area (Å²) in [5.74, 6) is 1.20. The van der Waals surface area contributed by atoms with Crippen LogP contribution in [0, 0.1) is 6.92 Å². The summed E-state index contributed by atoms with van der Waals surface area (Å²) in [5, 5.41) is 14.0. The molecular weight excluding hydrogens is 266 g/mol. The van der Waals surface area contributed by atoms with Gasteiger partial charge < -0.3 is 9.63 Å². The Kier molecular flexibility index (Phi) is 3.78. The molecule has 2 heterocycles. The van der Waals surface area contributed by atoms with Gasteiger partial charge in [0.05, 0.1) is 12.1 Å². The number of hydrogen-bond acceptors (Lipinski definition) is 5. The van der Waals surface area contributed by atoms with Gasteiger partial charge in [0.1, 0.15) is 0 Å². The first-order chi connectivity index (χ1) is 10.0. The van der Waals surface area contributed by atoms with Gasteiger partial charge in [0, 0.05) is 18.2 Å². The zero-order chi connectivity index (χ0) is 15.0. The van der Waals surface area contributed by atoms with Crippen LogP contribution in [0.1, 0.15) is 37.8 Å². The van der Waals surface area contributed by atoms with Crippen LogP contribution in [0.25, 0.3) is 11.4 Å². The molecule has 0 aliphatic carbocycles. The van der Waals surface area contributed by atoms with Crippen molar-refractivity contribution in [1.82, 2.24) is 15.0 Å². The van der Waals surface area contributed by atoms with E-state index in [1.807, 2.05) is 31.2 Å². The van der Waals surface area contributed by atoms with Gasteiger partial charge in [-0.2, -0.15) is 4.98 Å². The third-order valence-corrected chi connectivity index (χ3v) is 3.98. The molecule has 1 aromatic carbocycles. The summed E-state index contributed by atoms with van der Waals surface area (Å²) in [4.78, 5) is 6.75. The molecule has 1 aromatic heterocycles. The Labute approximate surface area is 124 Å². The average molecular weight is 287 g/mol. The molecule has 1 N–H and O–H groups in total. The molecule has 112 valence electrons. The van der Waals surface area contributed by atoms with E-state index >= 15 is 0 Å². The Morgan fingerprint density at radius 2 is 2.19 bits per heavy atom. The van der Waals surface area contributed by atoms with Crippen molar-refractivity contribution in [3.05, 3.63) is 35.7 Å². The monoisotopic (exact) mass is 287 g/mol. The number of aryl methyl sites for hydroxylation is 1. The predicted octanol–water partition coefficient (Wildman–Crippen LogP) is 2.56. The predicted molar refractivity (Wildman–Crippen MR) is 79.7 cm³/mol. The molecule has 2 aromatic rings. The van der Waals surface area contributed by atoms with E-state index < -0.39 is 0 Å². The second-order valence-electron chi connectivity index (χ2n) is 6.02. The van der Waals surface area contributed by atoms with Gasteiger partial charge in [-0.05, 0) is 33.3 Å². The van der Waals surface area contributed by atoms with E-state index in [0.29, 0.717) is 30.7 Å². The van der Waals surface area contributed by atoms with Gasteiger partial charge >= 0.3 is 0 Å². The molecule has 0 saturated carbocycles. The highest BCUT2D eigenvalue weighted by molar-refractivity contribution is 5.55. The number of likely N-dealkylation sites (tertiary alicyclic amines) is 1. The first-order valence-corrected chi connectivity index (χ1v) is 7.39. The normalized spacial score (nSPS) is 23.1. The van der Waals surface area contributed by atoms with E-state index in [2.05, 4.69) is 28.9 Å². The molecule has 5 heteroatoms. The van der Waals surface area contributed by atoms with E-state index in [-0.39, 0.29) is 12.1 Å². The van der Waals surface area contributed by atoms with Crippen molar-refractivity contribution in [2.24, 2.45) is 0 Å². The van der Waals surface area contributed by atoms with Gasteiger partial charge in [0.15, 0.2) is 0 Å². The van der Waals surface area contributed by atoms with Crippen LogP contribution in [0.3, 0.4) is 0 Å². The third-order valence-electron chi connectivity index (χ3n) is 3.98. The Bertz CT molecular complexity index is 623. The smallest absolute Gasteiger partial charge is 0.244 e. The molecule has 2 atom stereocenters. The topological polar surface area (TPSA) is 62.4 Å². The number of β-amino-alcohol motifs (C(OH)–C–C–N with tert-alkyl or cyclic N) is 1. The van der Waals surface area contributed by atoms with Gasteiger partial charge in [-0.1, -0.05) is 28.9 Å². The highest BCUT2D eigenvalue weighted by Crippen LogP contribution is 2.33. The molecule has 0 amide bonds. The summed E-state index contributed by atoms with van der Waals surface area (Å²) in [7, 11) is 0. The molecule has 1 aliphatic heterocycles. The second-order valence-corrected chi connectivity index (χ2v) is 6.02. The average Bonchev–Trinajstić information content (AvgIpc) is 3.04. The number of benzene rings is 1. The second kappa shape index (κ2) is 5.58. The molecule has 5 nitrogen and oxygen atoms in total. The maximum Gasteiger partial charge on any atom is 0.244 e. The Morgan fingerprint density at radius 3 is 2.90 bits per heavy atom. The molecule has 0 bridgehead atoms. The standard InChI is InChI=1S/C16H21N3O2/c1-10(2)19-9-13(20)8-14(19)16-17-15(18-21-16)12-6-4-5-11(3)7-12/h4-7,10,13-14,20H,8-9H2,1-3H3/t13-,14+/m1/s1. The lowest BCUT2D eigenvalue weighted by molar-refractivity contribution is 0.150. The minimum absolute atomic E-state index is 0.00561. The number of hydrogen-bond donors (Lipinski definition) is 1. The fraction of sp³-hybridized carbons (Fsp3) is 0.500. The number of aliphatic hydroxyl groups is 1. The van der Waals surface area contributed by atoms with Crippen molar-refractivity contribution >= 4 is 0 Å². The molecule has 1 fully saturated rings. The Morgan fingerprint density at radius 1 is 1.38 bits per heavy atom. The van der Waals surface area contributed by atoms with Crippen LogP contribution in [-0.2, 0) is 0 Å². The molecule has 21 heavy (non-hydrogen) atoms. The van der Waals surface area contributed by atoms with Crippen molar-refractivity contribution in [3.63, 3.8) is 0 Å². The number of rotatable bonds is 3. The molecule has 1 aliphatic rings. The van der Waals surface area contributed by atoms with E-state index in [4.69, 9.17) is 4.52 Å². The van der Waals surface area contributed by atoms with Crippen LogP contribution in [0.4, 0.5) is 0 Å². The summed E-state index contributed by atoms with van der Waals surface area (Å²) in [6.07, 6.45) is 0.319. The fourth-order valence-electron chi connectivity index (χ4n) is 2.92. The van der Waals surface area contributed by atoms with Crippen molar-refractivity contribution in [2.75, 3.05) is 6.54 Å². The van der Waals surface area contributed by atoms with Crippen molar-refractivity contribution in [1.29, 1.82) is 0 Å². The van der Waals surface area contributed by atoms with Crippen molar-refractivity contribution in [2.45, 2.75) is 45.4 Å². The molecule has 0 unspecified atom stereocenters. The highest BCUT2D eigenvalue weighted by Gasteiger charge is 2.37. The first-order valence-electron chi connectivity index (χ1n) is 7.39. The molecule has 1 saturated heterocycles. The van der Waals surface area contributed by atoms with Gasteiger partial charge in [0.2, 0.25) is 11.7 Å². The van der Waals surface area contributed by atoms with E-state index in [1.54, 1.807) is 0 Å². The summed E-state index contributed by atoms with van der Waals surface area (Å²) >= 11 is 0. The van der Waals surface area contributed by atoms with E-state index in [9.17, 15) is 5.11 Å². The lowest BCUT2D eigenvalue weighted by Gasteiger charge is -2.25. The maximum absolute atomic E-state index is 9.91. The molecular formula is C16H21N3O2. The minimum atomic E-state index is -0.327. The van der Waals surface area contributed by atoms with Crippen LogP contribution in [0.2, 0.25) is 0 Å². The minimum Gasteiger partial charge on any atom is -0.392 e. The quantitative estimate of drug-likeness (QED) is 0.940. The van der Waals surface area contributed by atoms with Gasteiger partial charge in [-0.25, -0.2) is 0 Å². The lowest BCUT2D eigenvalue weighted by atomic mass is 10.1. The number of aliphatic hydroxyl groups excluding tert-OH is 1. The summed E-state index contributed by atoms with van der Waals surface area (Å²) in [5.41, 5.74) is 2.12. The highest BCUT2D eigenvalue weighted by atomic mass is 16.5. The first kappa shape index (κ1) is 14.2. The largest absolute Gasteiger partial charge is 0.392 e. The van der Waals surface area contributed by atoms with Gasteiger partial charge in [0.25, 0.3) is 0 Å². The van der Waals surface area contributed by atoms with E-state index in [0.717, 1.165) is 5.56 Å². The Balaban J connectivity index is 1.88. The number of nitrogens with zero attached hydrogens (tertiary/aromatic N) is 3. The maximum atomic E-state index is 9.91.